The van der Waals surface area contributed by atoms with Crippen LogP contribution < -0.4 is 5.32 Å². The number of carbonyl (C=O) groups excluding carboxylic acids is 1. The predicted molar refractivity (Wildman–Crippen MR) is 66.9 cm³/mol. The maximum atomic E-state index is 11.7. The van der Waals surface area contributed by atoms with Crippen LogP contribution in [-0.4, -0.2) is 42.9 Å². The molecule has 1 amide bonds. The van der Waals surface area contributed by atoms with Crippen LogP contribution in [0.15, 0.2) is 16.5 Å². The molecule has 2 N–H and O–H groups in total. The lowest BCUT2D eigenvalue weighted by Gasteiger charge is -2.22. The zero-order chi connectivity index (χ0) is 14.8. The van der Waals surface area contributed by atoms with Crippen LogP contribution in [0.3, 0.4) is 0 Å². The minimum Gasteiger partial charge on any atom is -0.475 e. The number of rotatable bonds is 5. The summed E-state index contributed by atoms with van der Waals surface area (Å²) in [6.45, 7) is 2.86. The number of nitrogens with one attached hydrogen (secondary N) is 1. The molecule has 19 heavy (non-hydrogen) atoms. The summed E-state index contributed by atoms with van der Waals surface area (Å²) in [4.78, 5) is 22.2. The van der Waals surface area contributed by atoms with Crippen LogP contribution in [0.1, 0.15) is 35.0 Å². The van der Waals surface area contributed by atoms with Gasteiger partial charge in [-0.05, 0) is 26.0 Å². The summed E-state index contributed by atoms with van der Waals surface area (Å²) in [5, 5.41) is 11.0. The molecule has 0 aliphatic heterocycles. The molecule has 0 fully saturated rings. The Morgan fingerprint density at radius 1 is 1.32 bits per heavy atom. The second-order valence-electron chi connectivity index (χ2n) is 4.68. The molecule has 0 saturated carbocycles. The molecule has 0 spiro atoms. The maximum Gasteiger partial charge on any atom is 0.371 e. The van der Waals surface area contributed by atoms with Gasteiger partial charge in [0.05, 0.1) is 4.75 Å². The minimum atomic E-state index is -3.33. The van der Waals surface area contributed by atoms with Crippen molar-refractivity contribution < 1.29 is 27.5 Å². The van der Waals surface area contributed by atoms with E-state index in [1.54, 1.807) is 0 Å². The van der Waals surface area contributed by atoms with E-state index in [4.69, 9.17) is 9.52 Å². The third-order valence-electron chi connectivity index (χ3n) is 2.72. The molecular weight excluding hydrogens is 274 g/mol. The summed E-state index contributed by atoms with van der Waals surface area (Å²) < 4.78 is 26.6. The van der Waals surface area contributed by atoms with Gasteiger partial charge in [0.1, 0.15) is 0 Å². The lowest BCUT2D eigenvalue weighted by atomic mass is 10.2. The van der Waals surface area contributed by atoms with Gasteiger partial charge in [0.25, 0.3) is 5.91 Å². The molecular formula is C11H15NO6S. The highest BCUT2D eigenvalue weighted by Crippen LogP contribution is 2.14. The first-order valence-electron chi connectivity index (χ1n) is 5.35. The molecule has 0 atom stereocenters. The summed E-state index contributed by atoms with van der Waals surface area (Å²) in [5.74, 6) is -2.48. The molecule has 0 unspecified atom stereocenters. The Hall–Kier alpha value is -1.83. The van der Waals surface area contributed by atoms with Gasteiger partial charge in [0, 0.05) is 12.8 Å². The molecule has 0 aromatic carbocycles. The Bertz CT molecular complexity index is 598. The minimum absolute atomic E-state index is 0.103. The highest BCUT2D eigenvalue weighted by Gasteiger charge is 2.31. The van der Waals surface area contributed by atoms with Crippen molar-refractivity contribution in [3.05, 3.63) is 23.7 Å². The lowest BCUT2D eigenvalue weighted by molar-refractivity contribution is 0.0659. The van der Waals surface area contributed by atoms with E-state index >= 15 is 0 Å². The van der Waals surface area contributed by atoms with Gasteiger partial charge in [-0.25, -0.2) is 13.2 Å². The summed E-state index contributed by atoms with van der Waals surface area (Å²) in [7, 11) is -3.33. The van der Waals surface area contributed by atoms with E-state index in [1.807, 2.05) is 0 Å². The number of hydrogen-bond donors (Lipinski definition) is 2. The molecule has 1 heterocycles. The van der Waals surface area contributed by atoms with Crippen LogP contribution in [-0.2, 0) is 9.84 Å². The Kier molecular flexibility index (Phi) is 4.04. The fourth-order valence-corrected chi connectivity index (χ4v) is 1.42. The number of carboxylic acid groups (broad SMARTS) is 1. The van der Waals surface area contributed by atoms with Gasteiger partial charge in [0.15, 0.2) is 15.6 Å². The number of carbonyl (C=O) groups is 2. The van der Waals surface area contributed by atoms with Gasteiger partial charge in [-0.15, -0.1) is 0 Å². The van der Waals surface area contributed by atoms with Crippen LogP contribution in [0.5, 0.6) is 0 Å². The van der Waals surface area contributed by atoms with Crippen LogP contribution in [0, 0.1) is 0 Å². The van der Waals surface area contributed by atoms with Crippen molar-refractivity contribution >= 4 is 21.7 Å². The fraction of sp³-hybridized carbons (Fsp3) is 0.455. The molecule has 1 rings (SSSR count). The number of amides is 1. The molecule has 0 bridgehead atoms. The average Bonchev–Trinajstić information content (AvgIpc) is 2.73. The van der Waals surface area contributed by atoms with E-state index in [9.17, 15) is 18.0 Å². The SMILES string of the molecule is CC(C)(CNC(=O)c1ccc(C(=O)O)o1)S(C)(=O)=O. The number of sulfone groups is 1. The molecule has 7 nitrogen and oxygen atoms in total. The van der Waals surface area contributed by atoms with Crippen LogP contribution in [0.4, 0.5) is 0 Å². The third kappa shape index (κ3) is 3.57. The number of carboxylic acids is 1. The first-order valence-corrected chi connectivity index (χ1v) is 7.25. The van der Waals surface area contributed by atoms with Crippen molar-refractivity contribution in [2.45, 2.75) is 18.6 Å². The van der Waals surface area contributed by atoms with Crippen molar-refractivity contribution in [2.24, 2.45) is 0 Å². The average molecular weight is 289 g/mol. The molecule has 106 valence electrons. The monoisotopic (exact) mass is 289 g/mol. The Labute approximate surface area is 110 Å². The van der Waals surface area contributed by atoms with Crippen molar-refractivity contribution in [3.63, 3.8) is 0 Å². The van der Waals surface area contributed by atoms with E-state index < -0.39 is 26.5 Å². The smallest absolute Gasteiger partial charge is 0.371 e. The predicted octanol–water partition coefficient (Wildman–Crippen LogP) is 0.531. The normalized spacial score (nSPS) is 12.2. The Balaban J connectivity index is 2.73. The van der Waals surface area contributed by atoms with E-state index in [2.05, 4.69) is 5.32 Å². The quantitative estimate of drug-likeness (QED) is 0.817. The number of aromatic carboxylic acids is 1. The maximum absolute atomic E-state index is 11.7. The summed E-state index contributed by atoms with van der Waals surface area (Å²) in [5.41, 5.74) is 0. The second kappa shape index (κ2) is 5.04. The molecule has 1 aromatic rings. The summed E-state index contributed by atoms with van der Waals surface area (Å²) in [6, 6.07) is 2.37. The molecule has 0 radical (unpaired) electrons. The topological polar surface area (TPSA) is 114 Å². The highest BCUT2D eigenvalue weighted by molar-refractivity contribution is 7.92. The van der Waals surface area contributed by atoms with Gasteiger partial charge >= 0.3 is 5.97 Å². The number of furan rings is 1. The molecule has 0 saturated heterocycles. The first-order chi connectivity index (χ1) is 8.54. The van der Waals surface area contributed by atoms with Gasteiger partial charge in [-0.2, -0.15) is 0 Å². The van der Waals surface area contributed by atoms with Gasteiger partial charge in [-0.1, -0.05) is 0 Å². The van der Waals surface area contributed by atoms with Gasteiger partial charge < -0.3 is 14.8 Å². The van der Waals surface area contributed by atoms with Crippen molar-refractivity contribution in [1.82, 2.24) is 5.32 Å². The van der Waals surface area contributed by atoms with E-state index in [-0.39, 0.29) is 18.1 Å². The summed E-state index contributed by atoms with van der Waals surface area (Å²) in [6.07, 6.45) is 1.08. The Morgan fingerprint density at radius 3 is 2.26 bits per heavy atom. The largest absolute Gasteiger partial charge is 0.475 e. The third-order valence-corrected chi connectivity index (χ3v) is 4.87. The fourth-order valence-electron chi connectivity index (χ4n) is 1.09. The second-order valence-corrected chi connectivity index (χ2v) is 7.33. The molecule has 0 aliphatic rings. The standard InChI is InChI=1S/C11H15NO6S/c1-11(2,19(3,16)17)6-12-9(13)7-4-5-8(18-7)10(14)15/h4-5H,6H2,1-3H3,(H,12,13)(H,14,15). The van der Waals surface area contributed by atoms with Crippen LogP contribution >= 0.6 is 0 Å². The van der Waals surface area contributed by atoms with E-state index in [0.717, 1.165) is 12.3 Å². The summed E-state index contributed by atoms with van der Waals surface area (Å²) >= 11 is 0. The van der Waals surface area contributed by atoms with Crippen LogP contribution in [0.25, 0.3) is 0 Å². The number of hydrogen-bond acceptors (Lipinski definition) is 5. The molecule has 0 aliphatic carbocycles. The zero-order valence-electron chi connectivity index (χ0n) is 10.8. The van der Waals surface area contributed by atoms with Crippen molar-refractivity contribution in [2.75, 3.05) is 12.8 Å². The first kappa shape index (κ1) is 15.2. The van der Waals surface area contributed by atoms with Crippen molar-refractivity contribution in [3.8, 4) is 0 Å². The zero-order valence-corrected chi connectivity index (χ0v) is 11.6. The molecule has 8 heteroatoms. The van der Waals surface area contributed by atoms with Crippen LogP contribution in [0.2, 0.25) is 0 Å². The van der Waals surface area contributed by atoms with Gasteiger partial charge in [-0.3, -0.25) is 4.79 Å². The Morgan fingerprint density at radius 2 is 1.84 bits per heavy atom. The van der Waals surface area contributed by atoms with E-state index in [0.29, 0.717) is 0 Å². The van der Waals surface area contributed by atoms with E-state index in [1.165, 1.54) is 19.9 Å². The molecule has 1 aromatic heterocycles. The lowest BCUT2D eigenvalue weighted by Crippen LogP contribution is -2.43. The highest BCUT2D eigenvalue weighted by atomic mass is 32.2. The van der Waals surface area contributed by atoms with Gasteiger partial charge in [0.2, 0.25) is 5.76 Å². The van der Waals surface area contributed by atoms with Crippen molar-refractivity contribution in [1.29, 1.82) is 0 Å².